The number of nitrogens with zero attached hydrogens (tertiary/aromatic N) is 1. The standard InChI is InChI=1S/C26H23F3N2O2S/c27-26(28,29)20-11-9-18(10-12-20)13-15-30-25(33)21-6-2-4-8-23(21)34-17-24(32)31-16-14-19-5-1-3-7-22(19)31/h1-12H,13-17H2,(H,30,33). The van der Waals surface area contributed by atoms with Crippen LogP contribution in [-0.2, 0) is 23.8 Å². The van der Waals surface area contributed by atoms with Crippen molar-refractivity contribution < 1.29 is 22.8 Å². The fourth-order valence-electron chi connectivity index (χ4n) is 3.87. The minimum Gasteiger partial charge on any atom is -0.352 e. The number of rotatable bonds is 7. The van der Waals surface area contributed by atoms with Crippen molar-refractivity contribution in [1.29, 1.82) is 0 Å². The van der Waals surface area contributed by atoms with E-state index in [0.29, 0.717) is 29.0 Å². The highest BCUT2D eigenvalue weighted by Gasteiger charge is 2.30. The summed E-state index contributed by atoms with van der Waals surface area (Å²) in [5.74, 6) is -0.0778. The molecule has 0 aromatic heterocycles. The van der Waals surface area contributed by atoms with Gasteiger partial charge in [-0.15, -0.1) is 11.8 Å². The topological polar surface area (TPSA) is 49.4 Å². The molecule has 0 aliphatic carbocycles. The summed E-state index contributed by atoms with van der Waals surface area (Å²) in [6, 6.07) is 19.9. The molecule has 34 heavy (non-hydrogen) atoms. The summed E-state index contributed by atoms with van der Waals surface area (Å²) in [4.78, 5) is 28.0. The van der Waals surface area contributed by atoms with Crippen LogP contribution < -0.4 is 10.2 Å². The van der Waals surface area contributed by atoms with Crippen LogP contribution in [0.5, 0.6) is 0 Å². The molecule has 1 N–H and O–H groups in total. The number of hydrogen-bond acceptors (Lipinski definition) is 3. The molecule has 3 aromatic carbocycles. The monoisotopic (exact) mass is 484 g/mol. The van der Waals surface area contributed by atoms with E-state index in [4.69, 9.17) is 0 Å². The molecule has 0 atom stereocenters. The molecule has 0 fully saturated rings. The van der Waals surface area contributed by atoms with E-state index >= 15 is 0 Å². The maximum Gasteiger partial charge on any atom is 0.416 e. The number of hydrogen-bond donors (Lipinski definition) is 1. The van der Waals surface area contributed by atoms with E-state index in [1.54, 1.807) is 23.1 Å². The molecule has 3 aromatic rings. The SMILES string of the molecule is O=C(NCCc1ccc(C(F)(F)F)cc1)c1ccccc1SCC(=O)N1CCc2ccccc21. The highest BCUT2D eigenvalue weighted by Crippen LogP contribution is 2.30. The Labute approximate surface area is 200 Å². The van der Waals surface area contributed by atoms with Gasteiger partial charge >= 0.3 is 6.18 Å². The normalized spacial score (nSPS) is 13.0. The molecule has 8 heteroatoms. The van der Waals surface area contributed by atoms with Crippen molar-refractivity contribution in [2.45, 2.75) is 23.9 Å². The van der Waals surface area contributed by atoms with Gasteiger partial charge in [0, 0.05) is 23.7 Å². The number of fused-ring (bicyclic) bond motifs is 1. The maximum absolute atomic E-state index is 12.8. The Morgan fingerprint density at radius 2 is 1.65 bits per heavy atom. The van der Waals surface area contributed by atoms with Crippen molar-refractivity contribution in [2.24, 2.45) is 0 Å². The van der Waals surface area contributed by atoms with Crippen LogP contribution in [-0.4, -0.2) is 30.7 Å². The van der Waals surface area contributed by atoms with Crippen molar-refractivity contribution in [3.63, 3.8) is 0 Å². The van der Waals surface area contributed by atoms with E-state index in [1.807, 2.05) is 30.3 Å². The molecule has 0 saturated carbocycles. The van der Waals surface area contributed by atoms with Crippen molar-refractivity contribution >= 4 is 29.3 Å². The Kier molecular flexibility index (Phi) is 7.26. The van der Waals surface area contributed by atoms with Gasteiger partial charge in [0.25, 0.3) is 5.91 Å². The molecule has 2 amide bonds. The summed E-state index contributed by atoms with van der Waals surface area (Å²) in [5, 5.41) is 2.82. The largest absolute Gasteiger partial charge is 0.416 e. The molecule has 1 aliphatic heterocycles. The second-order valence-electron chi connectivity index (χ2n) is 7.91. The highest BCUT2D eigenvalue weighted by molar-refractivity contribution is 8.00. The van der Waals surface area contributed by atoms with Gasteiger partial charge < -0.3 is 10.2 Å². The average Bonchev–Trinajstić information content (AvgIpc) is 3.27. The second-order valence-corrected chi connectivity index (χ2v) is 8.93. The van der Waals surface area contributed by atoms with Crippen LogP contribution in [0, 0.1) is 0 Å². The van der Waals surface area contributed by atoms with Gasteiger partial charge in [-0.3, -0.25) is 9.59 Å². The maximum atomic E-state index is 12.8. The van der Waals surface area contributed by atoms with E-state index in [1.165, 1.54) is 23.9 Å². The molecule has 176 valence electrons. The Morgan fingerprint density at radius 1 is 0.941 bits per heavy atom. The minimum atomic E-state index is -4.37. The number of alkyl halides is 3. The zero-order valence-electron chi connectivity index (χ0n) is 18.3. The molecular weight excluding hydrogens is 461 g/mol. The molecule has 0 saturated heterocycles. The highest BCUT2D eigenvalue weighted by atomic mass is 32.2. The Morgan fingerprint density at radius 3 is 2.41 bits per heavy atom. The van der Waals surface area contributed by atoms with Crippen molar-refractivity contribution in [1.82, 2.24) is 5.32 Å². The zero-order chi connectivity index (χ0) is 24.1. The lowest BCUT2D eigenvalue weighted by atomic mass is 10.1. The first-order valence-corrected chi connectivity index (χ1v) is 11.9. The molecule has 4 rings (SSSR count). The summed E-state index contributed by atoms with van der Waals surface area (Å²) in [7, 11) is 0. The number of benzene rings is 3. The number of carbonyl (C=O) groups excluding carboxylic acids is 2. The van der Waals surface area contributed by atoms with Gasteiger partial charge in [0.2, 0.25) is 5.91 Å². The molecule has 0 spiro atoms. The third-order valence-electron chi connectivity index (χ3n) is 5.65. The Bertz CT molecular complexity index is 1180. The van der Waals surface area contributed by atoms with Crippen LogP contribution in [0.3, 0.4) is 0 Å². The van der Waals surface area contributed by atoms with E-state index in [2.05, 4.69) is 5.32 Å². The smallest absolute Gasteiger partial charge is 0.352 e. The average molecular weight is 485 g/mol. The summed E-state index contributed by atoms with van der Waals surface area (Å²) < 4.78 is 38.1. The number of anilines is 1. The minimum absolute atomic E-state index is 0.00698. The van der Waals surface area contributed by atoms with Crippen LogP contribution in [0.25, 0.3) is 0 Å². The van der Waals surface area contributed by atoms with Crippen LogP contribution in [0.4, 0.5) is 18.9 Å². The Balaban J connectivity index is 1.32. The third-order valence-corrected chi connectivity index (χ3v) is 6.71. The number of thioether (sulfide) groups is 1. The first kappa shape index (κ1) is 23.9. The van der Waals surface area contributed by atoms with Crippen molar-refractivity contribution in [2.75, 3.05) is 23.7 Å². The lowest BCUT2D eigenvalue weighted by molar-refractivity contribution is -0.137. The van der Waals surface area contributed by atoms with E-state index in [0.717, 1.165) is 29.8 Å². The predicted octanol–water partition coefficient (Wildman–Crippen LogP) is 5.36. The van der Waals surface area contributed by atoms with Gasteiger partial charge in [0.05, 0.1) is 16.9 Å². The third kappa shape index (κ3) is 5.62. The molecule has 1 aliphatic rings. The molecule has 0 radical (unpaired) electrons. The van der Waals surface area contributed by atoms with Gasteiger partial charge in [-0.1, -0.05) is 42.5 Å². The van der Waals surface area contributed by atoms with Gasteiger partial charge in [-0.25, -0.2) is 0 Å². The van der Waals surface area contributed by atoms with Crippen LogP contribution in [0.2, 0.25) is 0 Å². The van der Waals surface area contributed by atoms with Gasteiger partial charge in [-0.2, -0.15) is 13.2 Å². The van der Waals surface area contributed by atoms with Crippen LogP contribution in [0.15, 0.2) is 77.7 Å². The van der Waals surface area contributed by atoms with Gasteiger partial charge in [0.1, 0.15) is 0 Å². The van der Waals surface area contributed by atoms with Crippen molar-refractivity contribution in [3.8, 4) is 0 Å². The fourth-order valence-corrected chi connectivity index (χ4v) is 4.80. The second kappa shape index (κ2) is 10.3. The summed E-state index contributed by atoms with van der Waals surface area (Å²) in [6.45, 7) is 0.942. The van der Waals surface area contributed by atoms with E-state index < -0.39 is 11.7 Å². The van der Waals surface area contributed by atoms with Crippen molar-refractivity contribution in [3.05, 3.63) is 95.1 Å². The summed E-state index contributed by atoms with van der Waals surface area (Å²) in [6.07, 6.45) is -3.12. The van der Waals surface area contributed by atoms with E-state index in [-0.39, 0.29) is 24.1 Å². The summed E-state index contributed by atoms with van der Waals surface area (Å²) in [5.41, 5.74) is 2.58. The number of nitrogens with one attached hydrogen (secondary N) is 1. The van der Waals surface area contributed by atoms with Gasteiger partial charge in [-0.05, 0) is 54.3 Å². The predicted molar refractivity (Wildman–Crippen MR) is 127 cm³/mol. The van der Waals surface area contributed by atoms with Gasteiger partial charge in [0.15, 0.2) is 0 Å². The first-order valence-electron chi connectivity index (χ1n) is 10.9. The lowest BCUT2D eigenvalue weighted by Gasteiger charge is -2.17. The molecule has 0 unspecified atom stereocenters. The van der Waals surface area contributed by atoms with Crippen LogP contribution in [0.1, 0.15) is 27.0 Å². The first-order chi connectivity index (χ1) is 16.3. The molecule has 4 nitrogen and oxygen atoms in total. The number of halogens is 3. The summed E-state index contributed by atoms with van der Waals surface area (Å²) >= 11 is 1.32. The molecular formula is C26H23F3N2O2S. The fraction of sp³-hybridized carbons (Fsp3) is 0.231. The molecule has 1 heterocycles. The van der Waals surface area contributed by atoms with E-state index in [9.17, 15) is 22.8 Å². The number of amides is 2. The lowest BCUT2D eigenvalue weighted by Crippen LogP contribution is -2.30. The molecule has 0 bridgehead atoms. The zero-order valence-corrected chi connectivity index (χ0v) is 19.1. The number of para-hydroxylation sites is 1. The van der Waals surface area contributed by atoms with Crippen LogP contribution >= 0.6 is 11.8 Å². The quantitative estimate of drug-likeness (QED) is 0.460. The number of carbonyl (C=O) groups is 2. The Hall–Kier alpha value is -3.26.